The van der Waals surface area contributed by atoms with Gasteiger partial charge in [0, 0.05) is 18.8 Å². The Kier molecular flexibility index (Phi) is 5.11. The molecule has 1 atom stereocenters. The second-order valence-electron chi connectivity index (χ2n) is 6.06. The molecule has 0 aromatic heterocycles. The van der Waals surface area contributed by atoms with E-state index in [1.54, 1.807) is 42.0 Å². The van der Waals surface area contributed by atoms with Crippen LogP contribution in [0.4, 0.5) is 5.69 Å². The molecule has 26 heavy (non-hydrogen) atoms. The van der Waals surface area contributed by atoms with Crippen LogP contribution in [-0.2, 0) is 4.79 Å². The minimum Gasteiger partial charge on any atom is -0.497 e. The number of carbonyl (C=O) groups is 2. The fourth-order valence-corrected chi connectivity index (χ4v) is 3.14. The van der Waals surface area contributed by atoms with E-state index < -0.39 is 6.04 Å². The standard InChI is InChI=1S/C20H22N2O4/c1-14-19(23)22(15-8-10-16(25-2)11-9-15)13-12-21(14)20(24)17-6-4-5-7-18(17)26-3/h4-11,14H,12-13H2,1-3H3. The molecule has 1 saturated heterocycles. The van der Waals surface area contributed by atoms with Crippen molar-refractivity contribution in [1.29, 1.82) is 0 Å². The molecule has 1 heterocycles. The van der Waals surface area contributed by atoms with Gasteiger partial charge >= 0.3 is 0 Å². The number of amides is 2. The average molecular weight is 354 g/mol. The second-order valence-corrected chi connectivity index (χ2v) is 6.06. The highest BCUT2D eigenvalue weighted by Gasteiger charge is 2.36. The minimum atomic E-state index is -0.553. The lowest BCUT2D eigenvalue weighted by molar-refractivity contribution is -0.124. The highest BCUT2D eigenvalue weighted by Crippen LogP contribution is 2.26. The number of rotatable bonds is 4. The van der Waals surface area contributed by atoms with Crippen molar-refractivity contribution in [2.45, 2.75) is 13.0 Å². The number of ether oxygens (including phenoxy) is 2. The fraction of sp³-hybridized carbons (Fsp3) is 0.300. The molecule has 0 N–H and O–H groups in total. The molecule has 0 radical (unpaired) electrons. The second kappa shape index (κ2) is 7.47. The van der Waals surface area contributed by atoms with Gasteiger partial charge in [-0.3, -0.25) is 9.59 Å². The van der Waals surface area contributed by atoms with Crippen LogP contribution in [0.3, 0.4) is 0 Å². The van der Waals surface area contributed by atoms with Gasteiger partial charge in [0.25, 0.3) is 5.91 Å². The summed E-state index contributed by atoms with van der Waals surface area (Å²) in [6.07, 6.45) is 0. The summed E-state index contributed by atoms with van der Waals surface area (Å²) in [5.41, 5.74) is 1.26. The maximum Gasteiger partial charge on any atom is 0.258 e. The van der Waals surface area contributed by atoms with Gasteiger partial charge in [0.1, 0.15) is 17.5 Å². The first kappa shape index (κ1) is 17.8. The Hall–Kier alpha value is -3.02. The number of anilines is 1. The monoisotopic (exact) mass is 354 g/mol. The normalized spacial score (nSPS) is 17.2. The Bertz CT molecular complexity index is 804. The van der Waals surface area contributed by atoms with Crippen LogP contribution in [0, 0.1) is 0 Å². The first-order valence-electron chi connectivity index (χ1n) is 8.46. The van der Waals surface area contributed by atoms with Gasteiger partial charge in [0.15, 0.2) is 0 Å². The summed E-state index contributed by atoms with van der Waals surface area (Å²) in [5.74, 6) is 0.941. The molecule has 1 aliphatic rings. The molecule has 6 nitrogen and oxygen atoms in total. The SMILES string of the molecule is COc1ccc(N2CCN(C(=O)c3ccccc3OC)C(C)C2=O)cc1. The van der Waals surface area contributed by atoms with Crippen molar-refractivity contribution in [3.05, 3.63) is 54.1 Å². The highest BCUT2D eigenvalue weighted by molar-refractivity contribution is 6.04. The van der Waals surface area contributed by atoms with Crippen molar-refractivity contribution < 1.29 is 19.1 Å². The molecule has 2 aromatic rings. The Balaban J connectivity index is 1.80. The molecule has 136 valence electrons. The average Bonchev–Trinajstić information content (AvgIpc) is 2.69. The van der Waals surface area contributed by atoms with E-state index in [0.29, 0.717) is 24.4 Å². The molecule has 1 aliphatic heterocycles. The van der Waals surface area contributed by atoms with Gasteiger partial charge in [-0.15, -0.1) is 0 Å². The largest absolute Gasteiger partial charge is 0.497 e. The summed E-state index contributed by atoms with van der Waals surface area (Å²) >= 11 is 0. The van der Waals surface area contributed by atoms with Crippen molar-refractivity contribution in [3.63, 3.8) is 0 Å². The predicted octanol–water partition coefficient (Wildman–Crippen LogP) is 2.58. The van der Waals surface area contributed by atoms with Gasteiger partial charge in [-0.05, 0) is 43.3 Å². The summed E-state index contributed by atoms with van der Waals surface area (Å²) in [6, 6.07) is 13.8. The molecule has 2 amide bonds. The van der Waals surface area contributed by atoms with Crippen LogP contribution in [-0.4, -0.2) is 50.1 Å². The fourth-order valence-electron chi connectivity index (χ4n) is 3.14. The van der Waals surface area contributed by atoms with Crippen LogP contribution in [0.15, 0.2) is 48.5 Å². The third-order valence-electron chi connectivity index (χ3n) is 4.64. The van der Waals surface area contributed by atoms with Crippen LogP contribution in [0.25, 0.3) is 0 Å². The molecular weight excluding hydrogens is 332 g/mol. The zero-order chi connectivity index (χ0) is 18.7. The molecule has 0 spiro atoms. The number of benzene rings is 2. The number of nitrogens with zero attached hydrogens (tertiary/aromatic N) is 2. The van der Waals surface area contributed by atoms with Crippen molar-refractivity contribution >= 4 is 17.5 Å². The van der Waals surface area contributed by atoms with Crippen molar-refractivity contribution in [2.75, 3.05) is 32.2 Å². The molecule has 6 heteroatoms. The minimum absolute atomic E-state index is 0.107. The van der Waals surface area contributed by atoms with Crippen molar-refractivity contribution in [3.8, 4) is 11.5 Å². The maximum absolute atomic E-state index is 12.9. The van der Waals surface area contributed by atoms with E-state index >= 15 is 0 Å². The van der Waals surface area contributed by atoms with Gasteiger partial charge in [-0.1, -0.05) is 12.1 Å². The van der Waals surface area contributed by atoms with E-state index in [9.17, 15) is 9.59 Å². The zero-order valence-electron chi connectivity index (χ0n) is 15.1. The Morgan fingerprint density at radius 3 is 2.35 bits per heavy atom. The smallest absolute Gasteiger partial charge is 0.258 e. The molecule has 2 aromatic carbocycles. The number of piperazine rings is 1. The third kappa shape index (κ3) is 3.22. The predicted molar refractivity (Wildman–Crippen MR) is 98.8 cm³/mol. The summed E-state index contributed by atoms with van der Waals surface area (Å²) < 4.78 is 10.4. The lowest BCUT2D eigenvalue weighted by atomic mass is 10.1. The molecule has 0 saturated carbocycles. The van der Waals surface area contributed by atoms with Crippen molar-refractivity contribution in [1.82, 2.24) is 4.90 Å². The highest BCUT2D eigenvalue weighted by atomic mass is 16.5. The van der Waals surface area contributed by atoms with E-state index in [0.717, 1.165) is 11.4 Å². The lowest BCUT2D eigenvalue weighted by Crippen LogP contribution is -2.57. The first-order valence-corrected chi connectivity index (χ1v) is 8.46. The third-order valence-corrected chi connectivity index (χ3v) is 4.64. The molecule has 0 aliphatic carbocycles. The Morgan fingerprint density at radius 1 is 1.00 bits per heavy atom. The number of methoxy groups -OCH3 is 2. The van der Waals surface area contributed by atoms with Crippen molar-refractivity contribution in [2.24, 2.45) is 0 Å². The Morgan fingerprint density at radius 2 is 1.69 bits per heavy atom. The first-order chi connectivity index (χ1) is 12.6. The summed E-state index contributed by atoms with van der Waals surface area (Å²) in [7, 11) is 3.13. The molecule has 1 unspecified atom stereocenters. The number of carbonyl (C=O) groups excluding carboxylic acids is 2. The van der Waals surface area contributed by atoms with Gasteiger partial charge in [-0.25, -0.2) is 0 Å². The Labute approximate surface area is 152 Å². The van der Waals surface area contributed by atoms with Crippen LogP contribution >= 0.6 is 0 Å². The quantitative estimate of drug-likeness (QED) is 0.847. The summed E-state index contributed by atoms with van der Waals surface area (Å²) in [4.78, 5) is 29.1. The molecule has 0 bridgehead atoms. The maximum atomic E-state index is 12.9. The number of para-hydroxylation sites is 1. The van der Waals surface area contributed by atoms with E-state index in [-0.39, 0.29) is 11.8 Å². The van der Waals surface area contributed by atoms with Gasteiger partial charge in [-0.2, -0.15) is 0 Å². The van der Waals surface area contributed by atoms with Crippen LogP contribution in [0.5, 0.6) is 11.5 Å². The van der Waals surface area contributed by atoms with Gasteiger partial charge in [0.2, 0.25) is 5.91 Å². The van der Waals surface area contributed by atoms with Gasteiger partial charge in [0.05, 0.1) is 19.8 Å². The van der Waals surface area contributed by atoms with Gasteiger partial charge < -0.3 is 19.3 Å². The molecular formula is C20H22N2O4. The topological polar surface area (TPSA) is 59.1 Å². The van der Waals surface area contributed by atoms with E-state index in [1.807, 2.05) is 30.3 Å². The van der Waals surface area contributed by atoms with E-state index in [2.05, 4.69) is 0 Å². The molecule has 3 rings (SSSR count). The van der Waals surface area contributed by atoms with Crippen LogP contribution in [0.2, 0.25) is 0 Å². The van der Waals surface area contributed by atoms with E-state index in [1.165, 1.54) is 7.11 Å². The summed E-state index contributed by atoms with van der Waals surface area (Å²) in [5, 5.41) is 0. The number of hydrogen-bond acceptors (Lipinski definition) is 4. The zero-order valence-corrected chi connectivity index (χ0v) is 15.1. The van der Waals surface area contributed by atoms with Crippen LogP contribution < -0.4 is 14.4 Å². The summed E-state index contributed by atoms with van der Waals surface area (Å²) in [6.45, 7) is 2.65. The number of hydrogen-bond donors (Lipinski definition) is 0. The molecule has 1 fully saturated rings. The van der Waals surface area contributed by atoms with E-state index in [4.69, 9.17) is 9.47 Å². The van der Waals surface area contributed by atoms with Crippen LogP contribution in [0.1, 0.15) is 17.3 Å². The lowest BCUT2D eigenvalue weighted by Gasteiger charge is -2.39.